The third-order valence-corrected chi connectivity index (χ3v) is 6.17. The predicted octanol–water partition coefficient (Wildman–Crippen LogP) is 5.04. The maximum atomic E-state index is 13.2. The number of aromatic nitrogens is 1. The topological polar surface area (TPSA) is 101 Å². The number of nitrogens with zero attached hydrogens (tertiary/aromatic N) is 2. The number of nitrogens with one attached hydrogen (secondary N) is 2. The molecule has 0 spiro atoms. The number of fused-ring (bicyclic) bond motifs is 1. The monoisotopic (exact) mass is 486 g/mol. The number of hydrogen-bond donors (Lipinski definition) is 2. The van der Waals surface area contributed by atoms with Crippen molar-refractivity contribution in [3.63, 3.8) is 0 Å². The van der Waals surface area contributed by atoms with Crippen molar-refractivity contribution in [2.45, 2.75) is 20.8 Å². The molecule has 0 radical (unpaired) electrons. The fourth-order valence-electron chi connectivity index (χ4n) is 3.77. The molecule has 0 unspecified atom stereocenters. The van der Waals surface area contributed by atoms with Gasteiger partial charge in [-0.3, -0.25) is 9.52 Å². The minimum absolute atomic E-state index is 0.343. The van der Waals surface area contributed by atoms with Crippen LogP contribution in [-0.2, 0) is 10.0 Å². The Balaban J connectivity index is 1.64. The second-order valence-electron chi connectivity index (χ2n) is 8.48. The molecular formula is C27H26N4O3S. The Bertz CT molecular complexity index is 1560. The lowest BCUT2D eigenvalue weighted by Crippen LogP contribution is -2.20. The van der Waals surface area contributed by atoms with Crippen molar-refractivity contribution in [1.29, 1.82) is 0 Å². The minimum atomic E-state index is -3.35. The number of hydrazone groups is 1. The van der Waals surface area contributed by atoms with Crippen molar-refractivity contribution in [2.75, 3.05) is 11.0 Å². The third-order valence-electron chi connectivity index (χ3n) is 5.56. The normalized spacial score (nSPS) is 11.9. The van der Waals surface area contributed by atoms with E-state index in [-0.39, 0.29) is 5.91 Å². The van der Waals surface area contributed by atoms with Crippen LogP contribution in [0.15, 0.2) is 77.9 Å². The summed E-state index contributed by atoms with van der Waals surface area (Å²) in [5, 5.41) is 5.01. The summed E-state index contributed by atoms with van der Waals surface area (Å²) in [7, 11) is -3.35. The van der Waals surface area contributed by atoms with Crippen LogP contribution in [0.25, 0.3) is 22.2 Å². The van der Waals surface area contributed by atoms with E-state index in [2.05, 4.69) is 27.4 Å². The van der Waals surface area contributed by atoms with Gasteiger partial charge in [0.05, 0.1) is 28.7 Å². The van der Waals surface area contributed by atoms with Crippen LogP contribution in [0, 0.1) is 13.8 Å². The molecule has 178 valence electrons. The summed E-state index contributed by atoms with van der Waals surface area (Å²) in [4.78, 5) is 18.0. The Morgan fingerprint density at radius 1 is 0.943 bits per heavy atom. The van der Waals surface area contributed by atoms with Gasteiger partial charge in [-0.1, -0.05) is 48.0 Å². The van der Waals surface area contributed by atoms with Crippen molar-refractivity contribution in [2.24, 2.45) is 5.10 Å². The molecule has 0 bridgehead atoms. The average Bonchev–Trinajstić information content (AvgIpc) is 2.82. The molecule has 1 heterocycles. The van der Waals surface area contributed by atoms with E-state index in [1.807, 2.05) is 44.2 Å². The standard InChI is InChI=1S/C27H26N4O3S/c1-17-9-10-18(2)23(15-17)26-16-24(22-7-5-6-8-25(22)28-26)27(32)30-29-19(3)20-11-13-21(14-12-20)31-35(4,33)34/h5-16,31H,1-4H3,(H,30,32)/b29-19-. The first-order valence-corrected chi connectivity index (χ1v) is 12.9. The van der Waals surface area contributed by atoms with Gasteiger partial charge in [-0.2, -0.15) is 5.10 Å². The summed E-state index contributed by atoms with van der Waals surface area (Å²) in [6.07, 6.45) is 1.09. The van der Waals surface area contributed by atoms with E-state index in [1.54, 1.807) is 37.3 Å². The number of rotatable bonds is 6. The quantitative estimate of drug-likeness (QED) is 0.294. The molecule has 0 saturated heterocycles. The number of amides is 1. The molecule has 0 atom stereocenters. The zero-order chi connectivity index (χ0) is 25.2. The van der Waals surface area contributed by atoms with E-state index in [0.717, 1.165) is 45.1 Å². The summed E-state index contributed by atoms with van der Waals surface area (Å²) in [6.45, 7) is 5.82. The van der Waals surface area contributed by atoms with Crippen molar-refractivity contribution in [1.82, 2.24) is 10.4 Å². The van der Waals surface area contributed by atoms with Crippen LogP contribution < -0.4 is 10.1 Å². The highest BCUT2D eigenvalue weighted by Gasteiger charge is 2.15. The summed E-state index contributed by atoms with van der Waals surface area (Å²) in [5.41, 5.74) is 9.55. The smallest absolute Gasteiger partial charge is 0.272 e. The van der Waals surface area contributed by atoms with Gasteiger partial charge in [0.15, 0.2) is 0 Å². The van der Waals surface area contributed by atoms with Crippen molar-refractivity contribution in [3.05, 3.63) is 95.1 Å². The second-order valence-corrected chi connectivity index (χ2v) is 10.2. The SMILES string of the molecule is C/C(=N/NC(=O)c1cc(-c2cc(C)ccc2C)nc2ccccc12)c1ccc(NS(C)(=O)=O)cc1. The van der Waals surface area contributed by atoms with Gasteiger partial charge < -0.3 is 0 Å². The molecule has 4 aromatic rings. The van der Waals surface area contributed by atoms with Gasteiger partial charge in [0.1, 0.15) is 0 Å². The molecule has 3 aromatic carbocycles. The molecule has 1 aromatic heterocycles. The first-order valence-electron chi connectivity index (χ1n) is 11.0. The zero-order valence-corrected chi connectivity index (χ0v) is 20.8. The molecule has 4 rings (SSSR count). The molecular weight excluding hydrogens is 460 g/mol. The third kappa shape index (κ3) is 5.73. The number of benzene rings is 3. The lowest BCUT2D eigenvalue weighted by molar-refractivity contribution is 0.0956. The maximum Gasteiger partial charge on any atom is 0.272 e. The molecule has 2 N–H and O–H groups in total. The highest BCUT2D eigenvalue weighted by molar-refractivity contribution is 7.92. The van der Waals surface area contributed by atoms with Crippen LogP contribution in [0.3, 0.4) is 0 Å². The fraction of sp³-hybridized carbons (Fsp3) is 0.148. The Kier molecular flexibility index (Phi) is 6.66. The van der Waals surface area contributed by atoms with Crippen LogP contribution in [-0.4, -0.2) is 31.3 Å². The molecule has 0 aliphatic rings. The van der Waals surface area contributed by atoms with Crippen LogP contribution in [0.2, 0.25) is 0 Å². The molecule has 7 nitrogen and oxygen atoms in total. The van der Waals surface area contributed by atoms with Gasteiger partial charge in [0.25, 0.3) is 5.91 Å². The lowest BCUT2D eigenvalue weighted by atomic mass is 9.99. The van der Waals surface area contributed by atoms with Crippen LogP contribution >= 0.6 is 0 Å². The number of anilines is 1. The average molecular weight is 487 g/mol. The van der Waals surface area contributed by atoms with Crippen LogP contribution in [0.1, 0.15) is 34.0 Å². The maximum absolute atomic E-state index is 13.2. The highest BCUT2D eigenvalue weighted by Crippen LogP contribution is 2.28. The molecule has 0 aliphatic carbocycles. The fourth-order valence-corrected chi connectivity index (χ4v) is 4.33. The van der Waals surface area contributed by atoms with E-state index >= 15 is 0 Å². The Morgan fingerprint density at radius 3 is 2.37 bits per heavy atom. The Hall–Kier alpha value is -4.04. The highest BCUT2D eigenvalue weighted by atomic mass is 32.2. The van der Waals surface area contributed by atoms with Crippen LogP contribution in [0.4, 0.5) is 5.69 Å². The van der Waals surface area contributed by atoms with Crippen molar-refractivity contribution >= 4 is 38.2 Å². The summed E-state index contributed by atoms with van der Waals surface area (Å²) >= 11 is 0. The van der Waals surface area contributed by atoms with Gasteiger partial charge >= 0.3 is 0 Å². The number of aryl methyl sites for hydroxylation is 2. The van der Waals surface area contributed by atoms with Gasteiger partial charge in [-0.15, -0.1) is 0 Å². The minimum Gasteiger partial charge on any atom is -0.284 e. The van der Waals surface area contributed by atoms with Crippen molar-refractivity contribution < 1.29 is 13.2 Å². The van der Waals surface area contributed by atoms with Gasteiger partial charge in [-0.05, 0) is 62.2 Å². The molecule has 0 fully saturated rings. The van der Waals surface area contributed by atoms with Crippen molar-refractivity contribution in [3.8, 4) is 11.3 Å². The second kappa shape index (κ2) is 9.68. The first kappa shape index (κ1) is 24.1. The van der Waals surface area contributed by atoms with E-state index in [9.17, 15) is 13.2 Å². The number of hydrogen-bond acceptors (Lipinski definition) is 5. The molecule has 35 heavy (non-hydrogen) atoms. The number of sulfonamides is 1. The van der Waals surface area contributed by atoms with Gasteiger partial charge in [0, 0.05) is 16.6 Å². The van der Waals surface area contributed by atoms with Gasteiger partial charge in [-0.25, -0.2) is 18.8 Å². The van der Waals surface area contributed by atoms with E-state index in [0.29, 0.717) is 17.0 Å². The number of carbonyl (C=O) groups excluding carboxylic acids is 1. The van der Waals surface area contributed by atoms with E-state index in [1.165, 1.54) is 0 Å². The lowest BCUT2D eigenvalue weighted by Gasteiger charge is -2.12. The Morgan fingerprint density at radius 2 is 1.66 bits per heavy atom. The number of carbonyl (C=O) groups is 1. The number of pyridine rings is 1. The summed E-state index contributed by atoms with van der Waals surface area (Å²) in [5.74, 6) is -0.343. The first-order chi connectivity index (χ1) is 16.6. The van der Waals surface area contributed by atoms with Crippen LogP contribution in [0.5, 0.6) is 0 Å². The summed E-state index contributed by atoms with van der Waals surface area (Å²) in [6, 6.07) is 22.3. The number of para-hydroxylation sites is 1. The zero-order valence-electron chi connectivity index (χ0n) is 20.0. The predicted molar refractivity (Wildman–Crippen MR) is 141 cm³/mol. The molecule has 8 heteroatoms. The Labute approximate surface area is 205 Å². The summed E-state index contributed by atoms with van der Waals surface area (Å²) < 4.78 is 25.2. The largest absolute Gasteiger partial charge is 0.284 e. The van der Waals surface area contributed by atoms with E-state index < -0.39 is 10.0 Å². The molecule has 0 aliphatic heterocycles. The molecule has 0 saturated carbocycles. The molecule has 1 amide bonds. The van der Waals surface area contributed by atoms with Gasteiger partial charge in [0.2, 0.25) is 10.0 Å². The van der Waals surface area contributed by atoms with E-state index in [4.69, 9.17) is 4.98 Å².